The molecule has 5 aromatic heterocycles. The molecule has 5 heteroatoms. The van der Waals surface area contributed by atoms with Crippen LogP contribution in [0.5, 0.6) is 0 Å². The zero-order valence-corrected chi connectivity index (χ0v) is 24.4. The number of hydrogen-bond acceptors (Lipinski definition) is 4. The van der Waals surface area contributed by atoms with Crippen molar-refractivity contribution in [2.75, 3.05) is 0 Å². The summed E-state index contributed by atoms with van der Waals surface area (Å²) >= 11 is 1.86. The summed E-state index contributed by atoms with van der Waals surface area (Å²) in [6.07, 6.45) is 3.63. The summed E-state index contributed by atoms with van der Waals surface area (Å²) in [7, 11) is 0. The number of fused-ring (bicyclic) bond motifs is 7. The number of aromatic nitrogens is 4. The summed E-state index contributed by atoms with van der Waals surface area (Å²) in [6, 6.07) is 46.9. The fourth-order valence-electron chi connectivity index (χ4n) is 6.30. The summed E-state index contributed by atoms with van der Waals surface area (Å²) in [5.41, 5.74) is 9.05. The van der Waals surface area contributed by atoms with Crippen molar-refractivity contribution in [3.8, 4) is 39.6 Å². The molecule has 0 fully saturated rings. The molecule has 4 aromatic carbocycles. The van der Waals surface area contributed by atoms with E-state index in [4.69, 9.17) is 4.98 Å². The average molecular weight is 581 g/mol. The minimum atomic E-state index is 0.808. The van der Waals surface area contributed by atoms with Crippen LogP contribution in [-0.2, 0) is 0 Å². The lowest BCUT2D eigenvalue weighted by Gasteiger charge is -2.13. The highest BCUT2D eigenvalue weighted by molar-refractivity contribution is 7.26. The summed E-state index contributed by atoms with van der Waals surface area (Å²) in [6.45, 7) is 0. The first-order chi connectivity index (χ1) is 21.8. The third-order valence-corrected chi connectivity index (χ3v) is 9.50. The Morgan fingerprint density at radius 2 is 1.16 bits per heavy atom. The third-order valence-electron chi connectivity index (χ3n) is 8.30. The van der Waals surface area contributed by atoms with Gasteiger partial charge in [-0.2, -0.15) is 0 Å². The summed E-state index contributed by atoms with van der Waals surface area (Å²) in [5, 5.41) is 5.01. The number of pyridine rings is 3. The molecule has 0 aliphatic carbocycles. The molecule has 44 heavy (non-hydrogen) atoms. The molecule has 5 heterocycles. The smallest absolute Gasteiger partial charge is 0.0915 e. The van der Waals surface area contributed by atoms with Gasteiger partial charge in [-0.05, 0) is 65.7 Å². The standard InChI is InChI=1S/C39H24N4S/c1-2-10-25(11-3-1)26-16-19-36-31(22-26)29-17-18-30-28-12-4-5-15-37(28)44-39(30)38(29)43(36)27-23-34(32-13-6-8-20-40-32)42-35(24-27)33-14-7-9-21-41-33/h1-24H. The van der Waals surface area contributed by atoms with Crippen LogP contribution in [0.4, 0.5) is 0 Å². The van der Waals surface area contributed by atoms with Gasteiger partial charge in [-0.3, -0.25) is 9.97 Å². The molecule has 0 N–H and O–H groups in total. The van der Waals surface area contributed by atoms with Crippen LogP contribution in [0.15, 0.2) is 146 Å². The maximum Gasteiger partial charge on any atom is 0.0915 e. The van der Waals surface area contributed by atoms with Gasteiger partial charge < -0.3 is 4.57 Å². The second-order valence-electron chi connectivity index (χ2n) is 10.9. The van der Waals surface area contributed by atoms with E-state index in [1.807, 2.05) is 60.1 Å². The molecule has 0 unspecified atom stereocenters. The molecular weight excluding hydrogens is 557 g/mol. The lowest BCUT2D eigenvalue weighted by molar-refractivity contribution is 1.15. The summed E-state index contributed by atoms with van der Waals surface area (Å²) in [5.74, 6) is 0. The molecule has 0 aliphatic heterocycles. The highest BCUT2D eigenvalue weighted by Crippen LogP contribution is 2.44. The third kappa shape index (κ3) is 3.94. The SMILES string of the molecule is c1ccc(-c2ccc3c(c2)c2ccc4c5ccccc5sc4c2n3-c2cc(-c3ccccn3)nc(-c3ccccn3)c2)cc1. The van der Waals surface area contributed by atoms with E-state index in [9.17, 15) is 0 Å². The molecule has 0 bridgehead atoms. The van der Waals surface area contributed by atoms with E-state index in [1.165, 1.54) is 47.6 Å². The Morgan fingerprint density at radius 3 is 1.89 bits per heavy atom. The van der Waals surface area contributed by atoms with Gasteiger partial charge in [-0.25, -0.2) is 4.98 Å². The van der Waals surface area contributed by atoms with Gasteiger partial charge in [-0.15, -0.1) is 11.3 Å². The van der Waals surface area contributed by atoms with Gasteiger partial charge in [0.15, 0.2) is 0 Å². The van der Waals surface area contributed by atoms with Crippen molar-refractivity contribution in [2.45, 2.75) is 0 Å². The normalized spacial score (nSPS) is 11.6. The zero-order chi connectivity index (χ0) is 29.0. The van der Waals surface area contributed by atoms with Gasteiger partial charge in [0.1, 0.15) is 0 Å². The van der Waals surface area contributed by atoms with Crippen molar-refractivity contribution in [1.82, 2.24) is 19.5 Å². The molecular formula is C39H24N4S. The second kappa shape index (κ2) is 9.97. The maximum atomic E-state index is 5.06. The topological polar surface area (TPSA) is 43.6 Å². The second-order valence-corrected chi connectivity index (χ2v) is 11.9. The predicted molar refractivity (Wildman–Crippen MR) is 183 cm³/mol. The van der Waals surface area contributed by atoms with Gasteiger partial charge in [0, 0.05) is 38.6 Å². The molecule has 0 saturated carbocycles. The molecule has 9 aromatic rings. The fourth-order valence-corrected chi connectivity index (χ4v) is 7.54. The van der Waals surface area contributed by atoms with E-state index in [0.29, 0.717) is 0 Å². The lowest BCUT2D eigenvalue weighted by atomic mass is 10.0. The van der Waals surface area contributed by atoms with Crippen LogP contribution < -0.4 is 0 Å². The van der Waals surface area contributed by atoms with Crippen LogP contribution in [0.3, 0.4) is 0 Å². The molecule has 0 spiro atoms. The molecule has 0 amide bonds. The number of thiophene rings is 1. The van der Waals surface area contributed by atoms with Crippen molar-refractivity contribution in [3.05, 3.63) is 146 Å². The van der Waals surface area contributed by atoms with E-state index in [1.54, 1.807) is 0 Å². The van der Waals surface area contributed by atoms with E-state index < -0.39 is 0 Å². The Balaban J connectivity index is 1.42. The van der Waals surface area contributed by atoms with Crippen molar-refractivity contribution in [2.24, 2.45) is 0 Å². The van der Waals surface area contributed by atoms with Crippen molar-refractivity contribution >= 4 is 53.3 Å². The van der Waals surface area contributed by atoms with E-state index in [-0.39, 0.29) is 0 Å². The van der Waals surface area contributed by atoms with Crippen LogP contribution in [-0.4, -0.2) is 19.5 Å². The predicted octanol–water partition coefficient (Wildman–Crippen LogP) is 10.3. The first kappa shape index (κ1) is 24.9. The zero-order valence-electron chi connectivity index (χ0n) is 23.6. The minimum absolute atomic E-state index is 0.808. The van der Waals surface area contributed by atoms with Crippen LogP contribution in [0.1, 0.15) is 0 Å². The minimum Gasteiger partial charge on any atom is -0.308 e. The van der Waals surface area contributed by atoms with Gasteiger partial charge in [0.25, 0.3) is 0 Å². The number of nitrogens with zero attached hydrogens (tertiary/aromatic N) is 4. The Morgan fingerprint density at radius 1 is 0.477 bits per heavy atom. The van der Waals surface area contributed by atoms with Gasteiger partial charge in [0.2, 0.25) is 0 Å². The number of benzene rings is 4. The van der Waals surface area contributed by atoms with Crippen LogP contribution in [0.25, 0.3) is 81.6 Å². The Labute approximate surface area is 257 Å². The molecule has 9 rings (SSSR count). The lowest BCUT2D eigenvalue weighted by Crippen LogP contribution is -1.99. The molecule has 206 valence electrons. The molecule has 0 radical (unpaired) electrons. The van der Waals surface area contributed by atoms with E-state index >= 15 is 0 Å². The summed E-state index contributed by atoms with van der Waals surface area (Å²) < 4.78 is 4.98. The summed E-state index contributed by atoms with van der Waals surface area (Å²) in [4.78, 5) is 14.4. The average Bonchev–Trinajstić information content (AvgIpc) is 3.65. The monoisotopic (exact) mass is 580 g/mol. The first-order valence-corrected chi connectivity index (χ1v) is 15.4. The van der Waals surface area contributed by atoms with Gasteiger partial charge >= 0.3 is 0 Å². The first-order valence-electron chi connectivity index (χ1n) is 14.6. The Hall–Kier alpha value is -5.65. The maximum absolute atomic E-state index is 5.06. The molecule has 0 saturated heterocycles. The largest absolute Gasteiger partial charge is 0.308 e. The molecule has 0 aliphatic rings. The van der Waals surface area contributed by atoms with Gasteiger partial charge in [-0.1, -0.05) is 78.9 Å². The number of rotatable bonds is 4. The van der Waals surface area contributed by atoms with Crippen molar-refractivity contribution < 1.29 is 0 Å². The molecule has 0 atom stereocenters. The van der Waals surface area contributed by atoms with Gasteiger partial charge in [0.05, 0.1) is 44.2 Å². The van der Waals surface area contributed by atoms with Crippen LogP contribution in [0, 0.1) is 0 Å². The highest BCUT2D eigenvalue weighted by Gasteiger charge is 2.20. The van der Waals surface area contributed by atoms with Crippen molar-refractivity contribution in [3.63, 3.8) is 0 Å². The highest BCUT2D eigenvalue weighted by atomic mass is 32.1. The van der Waals surface area contributed by atoms with E-state index in [0.717, 1.165) is 34.0 Å². The Kier molecular flexibility index (Phi) is 5.64. The quantitative estimate of drug-likeness (QED) is 0.208. The molecule has 4 nitrogen and oxygen atoms in total. The Bertz CT molecular complexity index is 2420. The number of hydrogen-bond donors (Lipinski definition) is 0. The van der Waals surface area contributed by atoms with E-state index in [2.05, 4.69) is 112 Å². The van der Waals surface area contributed by atoms with Crippen LogP contribution in [0.2, 0.25) is 0 Å². The fraction of sp³-hybridized carbons (Fsp3) is 0. The van der Waals surface area contributed by atoms with Crippen LogP contribution >= 0.6 is 11.3 Å². The van der Waals surface area contributed by atoms with Crippen molar-refractivity contribution in [1.29, 1.82) is 0 Å².